The van der Waals surface area contributed by atoms with Crippen molar-refractivity contribution in [2.75, 3.05) is 5.32 Å². The monoisotopic (exact) mass is 347 g/mol. The molecule has 3 rings (SSSR count). The van der Waals surface area contributed by atoms with E-state index in [1.54, 1.807) is 17.6 Å². The maximum atomic E-state index is 12.0. The van der Waals surface area contributed by atoms with Gasteiger partial charge in [-0.1, -0.05) is 23.1 Å². The highest BCUT2D eigenvalue weighted by molar-refractivity contribution is 7.98. The maximum absolute atomic E-state index is 12.0. The van der Waals surface area contributed by atoms with E-state index in [1.807, 2.05) is 19.9 Å². The number of hydrogen-bond acceptors (Lipinski definition) is 8. The van der Waals surface area contributed by atoms with E-state index in [-0.39, 0.29) is 11.7 Å². The van der Waals surface area contributed by atoms with Gasteiger partial charge in [0.25, 0.3) is 5.91 Å². The molecule has 0 spiro atoms. The van der Waals surface area contributed by atoms with Gasteiger partial charge in [0.15, 0.2) is 10.9 Å². The van der Waals surface area contributed by atoms with E-state index < -0.39 is 0 Å². The SMILES string of the molecule is Cc1cc(C)nc(SCc2ccc(C(=O)Nc3nncs3)o2)n1. The summed E-state index contributed by atoms with van der Waals surface area (Å²) in [4.78, 5) is 20.7. The van der Waals surface area contributed by atoms with Crippen molar-refractivity contribution in [2.45, 2.75) is 24.8 Å². The topological polar surface area (TPSA) is 93.8 Å². The van der Waals surface area contributed by atoms with Crippen molar-refractivity contribution >= 4 is 34.1 Å². The fourth-order valence-corrected chi connectivity index (χ4v) is 3.14. The maximum Gasteiger partial charge on any atom is 0.293 e. The van der Waals surface area contributed by atoms with Crippen LogP contribution in [0.4, 0.5) is 5.13 Å². The third-order valence-corrected chi connectivity index (χ3v) is 4.25. The number of carbonyl (C=O) groups is 1. The summed E-state index contributed by atoms with van der Waals surface area (Å²) in [5.74, 6) is 1.12. The van der Waals surface area contributed by atoms with Gasteiger partial charge >= 0.3 is 0 Å². The number of aromatic nitrogens is 4. The van der Waals surface area contributed by atoms with Crippen LogP contribution in [0.2, 0.25) is 0 Å². The molecule has 0 bridgehead atoms. The Bertz CT molecular complexity index is 796. The van der Waals surface area contributed by atoms with Gasteiger partial charge < -0.3 is 4.42 Å². The lowest BCUT2D eigenvalue weighted by atomic mass is 10.4. The van der Waals surface area contributed by atoms with Crippen LogP contribution in [0.25, 0.3) is 0 Å². The molecule has 3 aromatic heterocycles. The summed E-state index contributed by atoms with van der Waals surface area (Å²) < 4.78 is 5.54. The average molecular weight is 347 g/mol. The molecule has 0 unspecified atom stereocenters. The fraction of sp³-hybridized carbons (Fsp3) is 0.214. The Morgan fingerprint density at radius 1 is 1.30 bits per heavy atom. The zero-order valence-corrected chi connectivity index (χ0v) is 14.1. The number of furan rings is 1. The van der Waals surface area contributed by atoms with E-state index >= 15 is 0 Å². The number of aryl methyl sites for hydroxylation is 2. The van der Waals surface area contributed by atoms with E-state index in [0.29, 0.717) is 21.8 Å². The number of anilines is 1. The summed E-state index contributed by atoms with van der Waals surface area (Å²) in [7, 11) is 0. The highest BCUT2D eigenvalue weighted by Crippen LogP contribution is 2.22. The molecule has 23 heavy (non-hydrogen) atoms. The van der Waals surface area contributed by atoms with Gasteiger partial charge in [0, 0.05) is 11.4 Å². The van der Waals surface area contributed by atoms with Crippen molar-refractivity contribution in [1.29, 1.82) is 0 Å². The van der Waals surface area contributed by atoms with Gasteiger partial charge in [0.2, 0.25) is 5.13 Å². The molecule has 0 atom stereocenters. The number of nitrogens with one attached hydrogen (secondary N) is 1. The molecule has 3 aromatic rings. The molecule has 0 fully saturated rings. The summed E-state index contributed by atoms with van der Waals surface area (Å²) in [5.41, 5.74) is 3.40. The average Bonchev–Trinajstić information content (AvgIpc) is 3.15. The quantitative estimate of drug-likeness (QED) is 0.560. The molecule has 0 saturated carbocycles. The minimum absolute atomic E-state index is 0.233. The highest BCUT2D eigenvalue weighted by Gasteiger charge is 2.13. The standard InChI is InChI=1S/C14H13N5O2S2/c1-8-5-9(2)17-13(16-8)22-6-10-3-4-11(21-10)12(20)18-14-19-15-7-23-14/h3-5,7H,6H2,1-2H3,(H,18,19,20). The molecule has 3 heterocycles. The van der Waals surface area contributed by atoms with Crippen molar-refractivity contribution in [3.05, 3.63) is 46.6 Å². The van der Waals surface area contributed by atoms with Gasteiger partial charge in [-0.25, -0.2) is 9.97 Å². The van der Waals surface area contributed by atoms with Gasteiger partial charge in [-0.3, -0.25) is 10.1 Å². The largest absolute Gasteiger partial charge is 0.455 e. The van der Waals surface area contributed by atoms with Crippen LogP contribution < -0.4 is 5.32 Å². The van der Waals surface area contributed by atoms with Crippen LogP contribution in [0.3, 0.4) is 0 Å². The molecule has 118 valence electrons. The van der Waals surface area contributed by atoms with E-state index in [4.69, 9.17) is 4.42 Å². The zero-order valence-electron chi connectivity index (χ0n) is 12.4. The van der Waals surface area contributed by atoms with Crippen LogP contribution >= 0.6 is 23.1 Å². The van der Waals surface area contributed by atoms with Gasteiger partial charge in [-0.2, -0.15) is 0 Å². The van der Waals surface area contributed by atoms with Gasteiger partial charge in [0.1, 0.15) is 11.3 Å². The summed E-state index contributed by atoms with van der Waals surface area (Å²) >= 11 is 2.71. The molecule has 0 saturated heterocycles. The third kappa shape index (κ3) is 4.14. The summed E-state index contributed by atoms with van der Waals surface area (Å²) in [5, 5.41) is 11.2. The third-order valence-electron chi connectivity index (χ3n) is 2.77. The number of thioether (sulfide) groups is 1. The first kappa shape index (κ1) is 15.6. The highest BCUT2D eigenvalue weighted by atomic mass is 32.2. The first-order valence-electron chi connectivity index (χ1n) is 6.71. The molecule has 9 heteroatoms. The molecule has 7 nitrogen and oxygen atoms in total. The number of amides is 1. The lowest BCUT2D eigenvalue weighted by Crippen LogP contribution is -2.10. The second kappa shape index (κ2) is 6.88. The number of carbonyl (C=O) groups excluding carboxylic acids is 1. The first-order valence-corrected chi connectivity index (χ1v) is 8.58. The molecule has 1 N–H and O–H groups in total. The second-order valence-corrected chi connectivity index (χ2v) is 6.46. The van der Waals surface area contributed by atoms with Crippen LogP contribution in [0.5, 0.6) is 0 Å². The minimum Gasteiger partial charge on any atom is -0.455 e. The van der Waals surface area contributed by atoms with Gasteiger partial charge in [-0.05, 0) is 32.0 Å². The Labute approximate surface area is 140 Å². The second-order valence-electron chi connectivity index (χ2n) is 4.69. The van der Waals surface area contributed by atoms with Crippen molar-refractivity contribution in [3.8, 4) is 0 Å². The van der Waals surface area contributed by atoms with Crippen LogP contribution in [0.1, 0.15) is 27.7 Å². The predicted octanol–water partition coefficient (Wildman–Crippen LogP) is 3.08. The van der Waals surface area contributed by atoms with Crippen LogP contribution in [0, 0.1) is 13.8 Å². The van der Waals surface area contributed by atoms with E-state index in [0.717, 1.165) is 11.4 Å². The van der Waals surface area contributed by atoms with Crippen molar-refractivity contribution in [3.63, 3.8) is 0 Å². The van der Waals surface area contributed by atoms with E-state index in [2.05, 4.69) is 25.5 Å². The normalized spacial score (nSPS) is 10.7. The summed E-state index contributed by atoms with van der Waals surface area (Å²) in [6, 6.07) is 5.33. The van der Waals surface area contributed by atoms with Crippen LogP contribution in [0.15, 0.2) is 33.3 Å². The molecule has 0 aliphatic carbocycles. The number of hydrogen-bond donors (Lipinski definition) is 1. The Morgan fingerprint density at radius 3 is 2.78 bits per heavy atom. The molecule has 0 aromatic carbocycles. The van der Waals surface area contributed by atoms with E-state index in [9.17, 15) is 4.79 Å². The minimum atomic E-state index is -0.347. The van der Waals surface area contributed by atoms with Crippen LogP contribution in [-0.4, -0.2) is 26.1 Å². The predicted molar refractivity (Wildman–Crippen MR) is 87.6 cm³/mol. The molecular formula is C14H13N5O2S2. The van der Waals surface area contributed by atoms with Crippen molar-refractivity contribution < 1.29 is 9.21 Å². The Kier molecular flexibility index (Phi) is 4.68. The van der Waals surface area contributed by atoms with Crippen LogP contribution in [-0.2, 0) is 5.75 Å². The Hall–Kier alpha value is -2.26. The Balaban J connectivity index is 1.61. The van der Waals surface area contributed by atoms with Gasteiger partial charge in [-0.15, -0.1) is 10.2 Å². The smallest absolute Gasteiger partial charge is 0.293 e. The first-order chi connectivity index (χ1) is 11.1. The molecule has 0 aliphatic rings. The van der Waals surface area contributed by atoms with Gasteiger partial charge in [0.05, 0.1) is 5.75 Å². The Morgan fingerprint density at radius 2 is 2.09 bits per heavy atom. The summed E-state index contributed by atoms with van der Waals surface area (Å²) in [6.45, 7) is 3.86. The lowest BCUT2D eigenvalue weighted by molar-refractivity contribution is 0.0995. The van der Waals surface area contributed by atoms with Crippen molar-refractivity contribution in [1.82, 2.24) is 20.2 Å². The molecular weight excluding hydrogens is 334 g/mol. The summed E-state index contributed by atoms with van der Waals surface area (Å²) in [6.07, 6.45) is 0. The lowest BCUT2D eigenvalue weighted by Gasteiger charge is -2.01. The fourth-order valence-electron chi connectivity index (χ4n) is 1.86. The number of rotatable bonds is 5. The van der Waals surface area contributed by atoms with E-state index in [1.165, 1.54) is 23.1 Å². The van der Waals surface area contributed by atoms with Crippen molar-refractivity contribution in [2.24, 2.45) is 0 Å². The molecule has 1 amide bonds. The zero-order chi connectivity index (χ0) is 16.2. The molecule has 0 aliphatic heterocycles. The number of nitrogens with zero attached hydrogens (tertiary/aromatic N) is 4. The molecule has 0 radical (unpaired) electrons.